The molecular formula is C13H12N4OS. The van der Waals surface area contributed by atoms with Crippen molar-refractivity contribution in [3.05, 3.63) is 40.4 Å². The molecule has 2 rings (SSSR count). The van der Waals surface area contributed by atoms with Crippen LogP contribution in [0, 0.1) is 11.3 Å². The van der Waals surface area contributed by atoms with Crippen LogP contribution in [0.4, 0.5) is 5.69 Å². The van der Waals surface area contributed by atoms with Crippen LogP contribution in [0.5, 0.6) is 0 Å². The molecule has 5 nitrogen and oxygen atoms in total. The van der Waals surface area contributed by atoms with E-state index in [1.54, 1.807) is 24.3 Å². The molecule has 1 aromatic heterocycles. The van der Waals surface area contributed by atoms with Gasteiger partial charge in [-0.2, -0.15) is 5.26 Å². The van der Waals surface area contributed by atoms with Gasteiger partial charge in [0, 0.05) is 0 Å². The third-order valence-electron chi connectivity index (χ3n) is 2.54. The Kier molecular flexibility index (Phi) is 4.21. The highest BCUT2D eigenvalue weighted by molar-refractivity contribution is 7.08. The fourth-order valence-electron chi connectivity index (χ4n) is 1.65. The van der Waals surface area contributed by atoms with Crippen LogP contribution in [0.25, 0.3) is 0 Å². The molecule has 19 heavy (non-hydrogen) atoms. The highest BCUT2D eigenvalue weighted by Crippen LogP contribution is 2.18. The topological polar surface area (TPSA) is 78.7 Å². The van der Waals surface area contributed by atoms with Crippen LogP contribution in [-0.4, -0.2) is 15.5 Å². The Morgan fingerprint density at radius 2 is 2.26 bits per heavy atom. The van der Waals surface area contributed by atoms with E-state index < -0.39 is 0 Å². The Balaban J connectivity index is 2.21. The molecule has 0 atom stereocenters. The van der Waals surface area contributed by atoms with Crippen LogP contribution in [0.2, 0.25) is 0 Å². The predicted octanol–water partition coefficient (Wildman–Crippen LogP) is 2.61. The van der Waals surface area contributed by atoms with E-state index in [9.17, 15) is 4.79 Å². The summed E-state index contributed by atoms with van der Waals surface area (Å²) in [7, 11) is 0. The van der Waals surface area contributed by atoms with E-state index in [0.717, 1.165) is 24.4 Å². The number of rotatable bonds is 4. The average Bonchev–Trinajstić information content (AvgIpc) is 2.88. The zero-order valence-corrected chi connectivity index (χ0v) is 11.2. The molecule has 1 aromatic carbocycles. The maximum Gasteiger partial charge on any atom is 0.269 e. The maximum absolute atomic E-state index is 12.1. The Morgan fingerprint density at radius 3 is 3.00 bits per heavy atom. The lowest BCUT2D eigenvalue weighted by Crippen LogP contribution is -2.13. The minimum atomic E-state index is -0.263. The highest BCUT2D eigenvalue weighted by atomic mass is 32.1. The van der Waals surface area contributed by atoms with Gasteiger partial charge < -0.3 is 5.32 Å². The number of anilines is 1. The normalized spacial score (nSPS) is 9.89. The number of benzene rings is 1. The second-order valence-corrected chi connectivity index (χ2v) is 4.66. The molecular weight excluding hydrogens is 260 g/mol. The van der Waals surface area contributed by atoms with E-state index in [1.807, 2.05) is 13.0 Å². The zero-order chi connectivity index (χ0) is 13.7. The van der Waals surface area contributed by atoms with Gasteiger partial charge in [0.15, 0.2) is 0 Å². The third kappa shape index (κ3) is 2.95. The molecule has 0 fully saturated rings. The number of para-hydroxylation sites is 1. The second-order valence-electron chi connectivity index (χ2n) is 3.91. The molecule has 0 saturated carbocycles. The van der Waals surface area contributed by atoms with Gasteiger partial charge in [0.25, 0.3) is 5.91 Å². The highest BCUT2D eigenvalue weighted by Gasteiger charge is 2.16. The number of nitrogens with one attached hydrogen (secondary N) is 1. The second kappa shape index (κ2) is 6.07. The van der Waals surface area contributed by atoms with Crippen LogP contribution >= 0.6 is 11.5 Å². The summed E-state index contributed by atoms with van der Waals surface area (Å²) in [6, 6.07) is 8.93. The zero-order valence-electron chi connectivity index (χ0n) is 10.4. The molecule has 0 unspecified atom stereocenters. The number of carbonyl (C=O) groups is 1. The van der Waals surface area contributed by atoms with Gasteiger partial charge in [0.05, 0.1) is 16.9 Å². The third-order valence-corrected chi connectivity index (χ3v) is 3.31. The molecule has 0 aliphatic rings. The first-order valence-corrected chi connectivity index (χ1v) is 6.65. The van der Waals surface area contributed by atoms with Gasteiger partial charge in [-0.05, 0) is 30.1 Å². The number of aryl methyl sites for hydroxylation is 1. The Bertz CT molecular complexity index is 630. The summed E-state index contributed by atoms with van der Waals surface area (Å²) in [6.45, 7) is 2.02. The fourth-order valence-corrected chi connectivity index (χ4v) is 2.25. The molecule has 1 N–H and O–H groups in total. The molecule has 0 spiro atoms. The molecule has 1 heterocycles. The van der Waals surface area contributed by atoms with Crippen molar-refractivity contribution in [3.8, 4) is 6.07 Å². The van der Waals surface area contributed by atoms with Crippen molar-refractivity contribution in [2.75, 3.05) is 5.32 Å². The van der Waals surface area contributed by atoms with Gasteiger partial charge in [-0.25, -0.2) is 0 Å². The smallest absolute Gasteiger partial charge is 0.269 e. The lowest BCUT2D eigenvalue weighted by molar-refractivity contribution is 0.102. The molecule has 0 saturated heterocycles. The molecule has 6 heteroatoms. The van der Waals surface area contributed by atoms with Crippen molar-refractivity contribution in [2.45, 2.75) is 19.8 Å². The number of hydrogen-bond acceptors (Lipinski definition) is 5. The van der Waals surface area contributed by atoms with Gasteiger partial charge in [-0.3, -0.25) is 4.79 Å². The van der Waals surface area contributed by atoms with Gasteiger partial charge in [-0.15, -0.1) is 5.10 Å². The number of nitriles is 1. The van der Waals surface area contributed by atoms with Crippen LogP contribution in [0.15, 0.2) is 24.3 Å². The SMILES string of the molecule is CCCc1nnsc1C(=O)Nc1ccccc1C#N. The monoisotopic (exact) mass is 272 g/mol. The molecule has 0 aliphatic carbocycles. The van der Waals surface area contributed by atoms with E-state index in [1.165, 1.54) is 0 Å². The van der Waals surface area contributed by atoms with E-state index in [-0.39, 0.29) is 5.91 Å². The van der Waals surface area contributed by atoms with E-state index in [4.69, 9.17) is 5.26 Å². The van der Waals surface area contributed by atoms with Gasteiger partial charge in [0.1, 0.15) is 10.9 Å². The van der Waals surface area contributed by atoms with Crippen LogP contribution in [0.3, 0.4) is 0 Å². The van der Waals surface area contributed by atoms with Crippen LogP contribution in [0.1, 0.15) is 34.3 Å². The maximum atomic E-state index is 12.1. The first kappa shape index (κ1) is 13.2. The quantitative estimate of drug-likeness (QED) is 0.927. The average molecular weight is 272 g/mol. The summed E-state index contributed by atoms with van der Waals surface area (Å²) in [5.41, 5.74) is 1.65. The summed E-state index contributed by atoms with van der Waals surface area (Å²) in [5.74, 6) is -0.263. The Labute approximate surface area is 115 Å². The van der Waals surface area contributed by atoms with Crippen LogP contribution in [-0.2, 0) is 6.42 Å². The van der Waals surface area contributed by atoms with Crippen molar-refractivity contribution in [1.82, 2.24) is 9.59 Å². The predicted molar refractivity (Wildman–Crippen MR) is 73.0 cm³/mol. The minimum Gasteiger partial charge on any atom is -0.320 e. The molecule has 0 aliphatic heterocycles. The molecule has 96 valence electrons. The summed E-state index contributed by atoms with van der Waals surface area (Å²) in [4.78, 5) is 12.7. The van der Waals surface area contributed by atoms with Crippen molar-refractivity contribution in [2.24, 2.45) is 0 Å². The number of aromatic nitrogens is 2. The number of amides is 1. The molecule has 0 radical (unpaired) electrons. The summed E-state index contributed by atoms with van der Waals surface area (Å²) in [5, 5.41) is 15.7. The standard InChI is InChI=1S/C13H12N4OS/c1-2-5-11-12(19-17-16-11)13(18)15-10-7-4-3-6-9(10)8-14/h3-4,6-7H,2,5H2,1H3,(H,15,18). The van der Waals surface area contributed by atoms with E-state index in [2.05, 4.69) is 14.9 Å². The van der Waals surface area contributed by atoms with Crippen molar-refractivity contribution >= 4 is 23.1 Å². The lowest BCUT2D eigenvalue weighted by atomic mass is 10.2. The van der Waals surface area contributed by atoms with Crippen molar-refractivity contribution in [3.63, 3.8) is 0 Å². The number of hydrogen-bond donors (Lipinski definition) is 1. The van der Waals surface area contributed by atoms with Crippen molar-refractivity contribution in [1.29, 1.82) is 5.26 Å². The molecule has 0 bridgehead atoms. The summed E-state index contributed by atoms with van der Waals surface area (Å²) < 4.78 is 3.81. The first-order chi connectivity index (χ1) is 9.26. The summed E-state index contributed by atoms with van der Waals surface area (Å²) in [6.07, 6.45) is 1.62. The van der Waals surface area contributed by atoms with E-state index in [0.29, 0.717) is 21.8 Å². The van der Waals surface area contributed by atoms with Gasteiger partial charge in [0.2, 0.25) is 0 Å². The number of nitrogens with zero attached hydrogens (tertiary/aromatic N) is 3. The number of carbonyl (C=O) groups excluding carboxylic acids is 1. The Morgan fingerprint density at radius 1 is 1.47 bits per heavy atom. The van der Waals surface area contributed by atoms with Crippen molar-refractivity contribution < 1.29 is 4.79 Å². The van der Waals surface area contributed by atoms with Crippen LogP contribution < -0.4 is 5.32 Å². The Hall–Kier alpha value is -2.26. The fraction of sp³-hybridized carbons (Fsp3) is 0.231. The molecule has 1 amide bonds. The van der Waals surface area contributed by atoms with Gasteiger partial charge in [-0.1, -0.05) is 30.0 Å². The molecule has 2 aromatic rings. The first-order valence-electron chi connectivity index (χ1n) is 5.88. The van der Waals surface area contributed by atoms with Gasteiger partial charge >= 0.3 is 0 Å². The largest absolute Gasteiger partial charge is 0.320 e. The summed E-state index contributed by atoms with van der Waals surface area (Å²) >= 11 is 1.07. The minimum absolute atomic E-state index is 0.263. The lowest BCUT2D eigenvalue weighted by Gasteiger charge is -2.05. The van der Waals surface area contributed by atoms with E-state index >= 15 is 0 Å².